The van der Waals surface area contributed by atoms with Gasteiger partial charge in [-0.25, -0.2) is 0 Å². The van der Waals surface area contributed by atoms with Crippen molar-refractivity contribution >= 4 is 5.91 Å². The van der Waals surface area contributed by atoms with E-state index in [0.717, 1.165) is 25.9 Å². The number of methoxy groups -OCH3 is 1. The lowest BCUT2D eigenvalue weighted by molar-refractivity contribution is 0.0705. The third kappa shape index (κ3) is 2.83. The van der Waals surface area contributed by atoms with Crippen LogP contribution >= 0.6 is 0 Å². The van der Waals surface area contributed by atoms with E-state index in [1.54, 1.807) is 19.2 Å². The fourth-order valence-corrected chi connectivity index (χ4v) is 2.95. The summed E-state index contributed by atoms with van der Waals surface area (Å²) in [6, 6.07) is 3.99. The van der Waals surface area contributed by atoms with Crippen LogP contribution in [0.1, 0.15) is 23.2 Å². The average molecular weight is 306 g/mol. The zero-order valence-electron chi connectivity index (χ0n) is 13.1. The summed E-state index contributed by atoms with van der Waals surface area (Å²) < 4.78 is 16.5. The Morgan fingerprint density at radius 1 is 1.27 bits per heavy atom. The van der Waals surface area contributed by atoms with E-state index in [0.29, 0.717) is 42.1 Å². The number of fused-ring (bicyclic) bond motifs is 1. The SMILES string of the molecule is CNC1CCN(C(=O)c2cc(OC)c3c(c2)OCCO3)CC1. The Balaban J connectivity index is 1.81. The van der Waals surface area contributed by atoms with Crippen LogP contribution in [0.25, 0.3) is 0 Å². The molecule has 1 saturated heterocycles. The minimum absolute atomic E-state index is 0.0184. The number of carbonyl (C=O) groups excluding carboxylic acids is 1. The van der Waals surface area contributed by atoms with Gasteiger partial charge in [-0.1, -0.05) is 0 Å². The number of carbonyl (C=O) groups is 1. The average Bonchev–Trinajstić information content (AvgIpc) is 2.60. The molecule has 3 rings (SSSR count). The van der Waals surface area contributed by atoms with Crippen LogP contribution in [-0.4, -0.2) is 57.3 Å². The Bertz CT molecular complexity index is 536. The second kappa shape index (κ2) is 6.44. The summed E-state index contributed by atoms with van der Waals surface area (Å²) in [5.41, 5.74) is 0.587. The topological polar surface area (TPSA) is 60.0 Å². The summed E-state index contributed by atoms with van der Waals surface area (Å²) in [5.74, 6) is 1.73. The maximum atomic E-state index is 12.7. The number of benzene rings is 1. The normalized spacial score (nSPS) is 18.2. The van der Waals surface area contributed by atoms with Gasteiger partial charge in [0.15, 0.2) is 11.5 Å². The number of likely N-dealkylation sites (tertiary alicyclic amines) is 1. The van der Waals surface area contributed by atoms with Crippen molar-refractivity contribution in [3.63, 3.8) is 0 Å². The summed E-state index contributed by atoms with van der Waals surface area (Å²) in [4.78, 5) is 14.6. The third-order valence-electron chi connectivity index (χ3n) is 4.27. The van der Waals surface area contributed by atoms with E-state index in [2.05, 4.69) is 5.32 Å². The molecule has 2 aliphatic rings. The Morgan fingerprint density at radius 2 is 2.00 bits per heavy atom. The van der Waals surface area contributed by atoms with E-state index in [4.69, 9.17) is 14.2 Å². The van der Waals surface area contributed by atoms with Gasteiger partial charge in [0.05, 0.1) is 7.11 Å². The number of hydrogen-bond acceptors (Lipinski definition) is 5. The second-order valence-electron chi connectivity index (χ2n) is 5.56. The molecular formula is C16H22N2O4. The molecule has 1 amide bonds. The van der Waals surface area contributed by atoms with Crippen molar-refractivity contribution in [2.75, 3.05) is 40.5 Å². The molecular weight excluding hydrogens is 284 g/mol. The molecule has 6 nitrogen and oxygen atoms in total. The highest BCUT2D eigenvalue weighted by Crippen LogP contribution is 2.40. The maximum Gasteiger partial charge on any atom is 0.254 e. The molecule has 0 spiro atoms. The minimum Gasteiger partial charge on any atom is -0.493 e. The number of rotatable bonds is 3. The molecule has 1 aromatic carbocycles. The molecule has 2 heterocycles. The molecule has 1 N–H and O–H groups in total. The summed E-state index contributed by atoms with van der Waals surface area (Å²) in [7, 11) is 3.54. The van der Waals surface area contributed by atoms with Crippen molar-refractivity contribution in [2.45, 2.75) is 18.9 Å². The van der Waals surface area contributed by atoms with Gasteiger partial charge in [0.2, 0.25) is 5.75 Å². The quantitative estimate of drug-likeness (QED) is 0.912. The van der Waals surface area contributed by atoms with E-state index in [1.807, 2.05) is 11.9 Å². The summed E-state index contributed by atoms with van der Waals surface area (Å²) in [6.45, 7) is 2.51. The Kier molecular flexibility index (Phi) is 4.38. The smallest absolute Gasteiger partial charge is 0.254 e. The van der Waals surface area contributed by atoms with Crippen LogP contribution in [0.4, 0.5) is 0 Å². The fraction of sp³-hybridized carbons (Fsp3) is 0.562. The van der Waals surface area contributed by atoms with Gasteiger partial charge >= 0.3 is 0 Å². The van der Waals surface area contributed by atoms with Crippen molar-refractivity contribution in [2.24, 2.45) is 0 Å². The number of nitrogens with one attached hydrogen (secondary N) is 1. The monoisotopic (exact) mass is 306 g/mol. The summed E-state index contributed by atoms with van der Waals surface area (Å²) in [5, 5.41) is 3.27. The predicted molar refractivity (Wildman–Crippen MR) is 82.0 cm³/mol. The maximum absolute atomic E-state index is 12.7. The van der Waals surface area contributed by atoms with Crippen molar-refractivity contribution in [1.29, 1.82) is 0 Å². The van der Waals surface area contributed by atoms with Crippen LogP contribution in [-0.2, 0) is 0 Å². The van der Waals surface area contributed by atoms with Crippen LogP contribution in [0.3, 0.4) is 0 Å². The molecule has 0 aliphatic carbocycles. The lowest BCUT2D eigenvalue weighted by Crippen LogP contribution is -2.44. The molecule has 6 heteroatoms. The van der Waals surface area contributed by atoms with E-state index in [-0.39, 0.29) is 5.91 Å². The van der Waals surface area contributed by atoms with E-state index < -0.39 is 0 Å². The highest BCUT2D eigenvalue weighted by molar-refractivity contribution is 5.95. The number of ether oxygens (including phenoxy) is 3. The van der Waals surface area contributed by atoms with Crippen molar-refractivity contribution in [3.8, 4) is 17.2 Å². The molecule has 120 valence electrons. The lowest BCUT2D eigenvalue weighted by Gasteiger charge is -2.32. The fourth-order valence-electron chi connectivity index (χ4n) is 2.95. The number of hydrogen-bond donors (Lipinski definition) is 1. The number of piperidine rings is 1. The Hall–Kier alpha value is -1.95. The van der Waals surface area contributed by atoms with Crippen molar-refractivity contribution in [1.82, 2.24) is 10.2 Å². The first-order valence-electron chi connectivity index (χ1n) is 7.67. The van der Waals surface area contributed by atoms with E-state index in [9.17, 15) is 4.79 Å². The van der Waals surface area contributed by atoms with Gasteiger partial charge in [-0.15, -0.1) is 0 Å². The second-order valence-corrected chi connectivity index (χ2v) is 5.56. The van der Waals surface area contributed by atoms with Crippen LogP contribution < -0.4 is 19.5 Å². The predicted octanol–water partition coefficient (Wildman–Crippen LogP) is 1.29. The standard InChI is InChI=1S/C16H22N2O4/c1-17-12-3-5-18(6-4-12)16(19)11-9-13(20-2)15-14(10-11)21-7-8-22-15/h9-10,12,17H,3-8H2,1-2H3. The number of nitrogens with zero attached hydrogens (tertiary/aromatic N) is 1. The molecule has 22 heavy (non-hydrogen) atoms. The van der Waals surface area contributed by atoms with Crippen LogP contribution in [0.5, 0.6) is 17.2 Å². The van der Waals surface area contributed by atoms with E-state index >= 15 is 0 Å². The zero-order chi connectivity index (χ0) is 15.5. The first-order valence-corrected chi connectivity index (χ1v) is 7.67. The summed E-state index contributed by atoms with van der Waals surface area (Å²) >= 11 is 0. The molecule has 0 unspecified atom stereocenters. The molecule has 0 aromatic heterocycles. The Labute approximate surface area is 130 Å². The molecule has 1 fully saturated rings. The highest BCUT2D eigenvalue weighted by atomic mass is 16.6. The third-order valence-corrected chi connectivity index (χ3v) is 4.27. The molecule has 0 radical (unpaired) electrons. The van der Waals surface area contributed by atoms with Gasteiger partial charge in [0.25, 0.3) is 5.91 Å². The zero-order valence-corrected chi connectivity index (χ0v) is 13.1. The molecule has 0 bridgehead atoms. The molecule has 0 saturated carbocycles. The largest absolute Gasteiger partial charge is 0.493 e. The minimum atomic E-state index is 0.0184. The first kappa shape index (κ1) is 15.0. The molecule has 0 atom stereocenters. The van der Waals surface area contributed by atoms with Gasteiger partial charge < -0.3 is 24.4 Å². The van der Waals surface area contributed by atoms with Gasteiger partial charge in [-0.05, 0) is 32.0 Å². The van der Waals surface area contributed by atoms with Crippen molar-refractivity contribution < 1.29 is 19.0 Å². The van der Waals surface area contributed by atoms with Crippen LogP contribution in [0.15, 0.2) is 12.1 Å². The van der Waals surface area contributed by atoms with Gasteiger partial charge in [-0.3, -0.25) is 4.79 Å². The van der Waals surface area contributed by atoms with Gasteiger partial charge in [0, 0.05) is 24.7 Å². The number of amides is 1. The summed E-state index contributed by atoms with van der Waals surface area (Å²) in [6.07, 6.45) is 1.95. The lowest BCUT2D eigenvalue weighted by atomic mass is 10.0. The molecule has 1 aromatic rings. The van der Waals surface area contributed by atoms with Gasteiger partial charge in [-0.2, -0.15) is 0 Å². The van der Waals surface area contributed by atoms with E-state index in [1.165, 1.54) is 0 Å². The highest BCUT2D eigenvalue weighted by Gasteiger charge is 2.26. The molecule has 2 aliphatic heterocycles. The first-order chi connectivity index (χ1) is 10.7. The van der Waals surface area contributed by atoms with Crippen LogP contribution in [0, 0.1) is 0 Å². The van der Waals surface area contributed by atoms with Crippen LogP contribution in [0.2, 0.25) is 0 Å². The Morgan fingerprint density at radius 3 is 2.68 bits per heavy atom. The van der Waals surface area contributed by atoms with Gasteiger partial charge in [0.1, 0.15) is 13.2 Å². The van der Waals surface area contributed by atoms with Crippen molar-refractivity contribution in [3.05, 3.63) is 17.7 Å².